The Morgan fingerprint density at radius 3 is 1.96 bits per heavy atom. The second-order valence-electron chi connectivity index (χ2n) is 28.5. The van der Waals surface area contributed by atoms with Crippen molar-refractivity contribution in [2.75, 3.05) is 33.5 Å². The van der Waals surface area contributed by atoms with Crippen molar-refractivity contribution in [2.45, 2.75) is 267 Å². The first-order valence-corrected chi connectivity index (χ1v) is 32.9. The van der Waals surface area contributed by atoms with E-state index in [1.165, 1.54) is 21.0 Å². The molecule has 520 valence electrons. The summed E-state index contributed by atoms with van der Waals surface area (Å²) in [4.78, 5) is 41.2. The van der Waals surface area contributed by atoms with Crippen LogP contribution in [0.3, 0.4) is 0 Å². The van der Waals surface area contributed by atoms with Gasteiger partial charge in [-0.3, -0.25) is 18.9 Å². The highest BCUT2D eigenvalue weighted by molar-refractivity contribution is 7.80. The molecule has 10 rings (SSSR count). The van der Waals surface area contributed by atoms with E-state index in [1.54, 1.807) is 6.92 Å². The Labute approximate surface area is 527 Å². The summed E-state index contributed by atoms with van der Waals surface area (Å²) in [7, 11) is -4.09. The number of esters is 2. The zero-order valence-corrected chi connectivity index (χ0v) is 53.6. The average molecular weight is 1330 g/mol. The van der Waals surface area contributed by atoms with Gasteiger partial charge in [0.05, 0.1) is 50.0 Å². The Hall–Kier alpha value is -2.62. The van der Waals surface area contributed by atoms with Gasteiger partial charge in [0.25, 0.3) is 0 Å². The number of hydrogen-bond acceptors (Lipinski definition) is 29. The van der Waals surface area contributed by atoms with E-state index >= 15 is 0 Å². The molecule has 31 atom stereocenters. The molecule has 9 fully saturated rings. The highest BCUT2D eigenvalue weighted by Crippen LogP contribution is 2.77. The van der Waals surface area contributed by atoms with Crippen LogP contribution in [-0.4, -0.2) is 268 Å². The summed E-state index contributed by atoms with van der Waals surface area (Å²) in [6.45, 7) is 14.2. The number of ketones is 1. The minimum atomic E-state index is -5.27. The maximum atomic E-state index is 14.8. The summed E-state index contributed by atoms with van der Waals surface area (Å²) in [6.07, 6.45) is -34.0. The molecule has 0 radical (unpaired) electrons. The van der Waals surface area contributed by atoms with Crippen LogP contribution in [0.15, 0.2) is 11.6 Å². The Kier molecular flexibility index (Phi) is 20.8. The standard InChI is InChI=1S/C60H94O30S/c1-24(2)17-27(63)18-59(9)49-32(82-26(4)62)19-58(8)29-11-12-35-56(5,6)36(14-15-57(35,7)28(29)13-16-60(49,58)55(73)89-59)84-53-47(39(68)34(23-80-53)90-91(74,75)76)88-54-48(87-50-40(69)37(66)30(64)21-78-50)41(70)44(25(3)81-54)85-51-42(71)45(31(65)22-79-51)86-52-43(72)46(77-10)38(67)33(20-61)83-52/h11,24-25,28,30-54,61,64-72H,12-23H2,1-10H3,(H,74,75,76)/t25?,28?,30?,31?,32?,33?,34?,35?,36?,37?,38?,39?,40?,41?,42?,43?,44?,45?,46?,47?,48?,49?,50?,51?,52?,53?,54?,57?,58-,59-,60?/m0/s1. The molecular formula is C60H94O30S. The van der Waals surface area contributed by atoms with Crippen molar-refractivity contribution < 1.29 is 144 Å². The highest BCUT2D eigenvalue weighted by Gasteiger charge is 2.80. The Bertz CT molecular complexity index is 2760. The summed E-state index contributed by atoms with van der Waals surface area (Å²) in [6, 6.07) is 0. The second kappa shape index (κ2) is 26.7. The molecule has 0 bridgehead atoms. The first-order chi connectivity index (χ1) is 42.5. The predicted molar refractivity (Wildman–Crippen MR) is 303 cm³/mol. The zero-order valence-electron chi connectivity index (χ0n) is 52.8. The van der Waals surface area contributed by atoms with E-state index < -0.39 is 229 Å². The van der Waals surface area contributed by atoms with E-state index in [0.717, 1.165) is 5.57 Å². The lowest BCUT2D eigenvalue weighted by atomic mass is 9.41. The van der Waals surface area contributed by atoms with Gasteiger partial charge in [0, 0.05) is 32.3 Å². The lowest BCUT2D eigenvalue weighted by Gasteiger charge is -2.64. The van der Waals surface area contributed by atoms with Crippen LogP contribution in [0.4, 0.5) is 0 Å². The van der Waals surface area contributed by atoms with Crippen molar-refractivity contribution in [1.82, 2.24) is 0 Å². The van der Waals surface area contributed by atoms with Crippen LogP contribution >= 0.6 is 0 Å². The Balaban J connectivity index is 0.907. The molecule has 1 spiro atoms. The van der Waals surface area contributed by atoms with Gasteiger partial charge in [-0.25, -0.2) is 4.18 Å². The van der Waals surface area contributed by atoms with Crippen molar-refractivity contribution in [3.63, 3.8) is 0 Å². The van der Waals surface area contributed by atoms with Gasteiger partial charge < -0.3 is 113 Å². The van der Waals surface area contributed by atoms with E-state index in [2.05, 4.69) is 19.9 Å². The van der Waals surface area contributed by atoms with Crippen molar-refractivity contribution in [3.05, 3.63) is 11.6 Å². The van der Waals surface area contributed by atoms with Crippen LogP contribution in [0.2, 0.25) is 0 Å². The molecule has 0 amide bonds. The number of aliphatic hydroxyl groups excluding tert-OH is 10. The molecule has 0 aromatic heterocycles. The van der Waals surface area contributed by atoms with Crippen LogP contribution < -0.4 is 0 Å². The van der Waals surface area contributed by atoms with Gasteiger partial charge in [0.2, 0.25) is 0 Å². The molecule has 30 nitrogen and oxygen atoms in total. The smallest absolute Gasteiger partial charge is 0.397 e. The fourth-order valence-electron chi connectivity index (χ4n) is 17.7. The SMILES string of the molecule is COC1C(O)C(CO)OC(OC2C(O)COC(OC3C(C)OC(OC4C(OC5CCC6(C)C7CCC89C(=O)O[C@@](C)(CC(=O)CC(C)C)C8C(OC(C)=O)C[C@@]9(C)C7=CCC6C5(C)C)OCC(OS(=O)(=O)O)C4O)C(OC4OCC(O)C(O)C4O)C3O)C2O)C1O. The molecule has 4 aliphatic carbocycles. The van der Waals surface area contributed by atoms with E-state index in [-0.39, 0.29) is 30.0 Å². The van der Waals surface area contributed by atoms with Gasteiger partial charge in [0.15, 0.2) is 31.5 Å². The highest BCUT2D eigenvalue weighted by atomic mass is 32.3. The number of ether oxygens (including phenoxy) is 13. The van der Waals surface area contributed by atoms with Crippen molar-refractivity contribution >= 4 is 28.1 Å². The fourth-order valence-corrected chi connectivity index (χ4v) is 18.2. The van der Waals surface area contributed by atoms with E-state index in [0.29, 0.717) is 44.9 Å². The number of carbonyl (C=O) groups is 3. The molecule has 0 aromatic rings. The van der Waals surface area contributed by atoms with Crippen LogP contribution in [0.25, 0.3) is 0 Å². The average Bonchev–Trinajstić information content (AvgIpc) is 1.52. The van der Waals surface area contributed by atoms with Crippen molar-refractivity contribution in [1.29, 1.82) is 0 Å². The van der Waals surface area contributed by atoms with Gasteiger partial charge in [0.1, 0.15) is 115 Å². The van der Waals surface area contributed by atoms with Crippen LogP contribution in [0.1, 0.15) is 114 Å². The number of rotatable bonds is 19. The lowest BCUT2D eigenvalue weighted by molar-refractivity contribution is -0.399. The van der Waals surface area contributed by atoms with Crippen LogP contribution in [0, 0.1) is 45.3 Å². The molecule has 0 aromatic carbocycles. The number of allylic oxidation sites excluding steroid dienone is 2. The summed E-state index contributed by atoms with van der Waals surface area (Å²) in [5.74, 6) is -1.64. The van der Waals surface area contributed by atoms with E-state index in [1.807, 2.05) is 27.7 Å². The molecule has 3 saturated carbocycles. The molecule has 6 aliphatic heterocycles. The number of hydrogen-bond donors (Lipinski definition) is 11. The predicted octanol–water partition coefficient (Wildman–Crippen LogP) is -1.66. The normalized spacial score (nSPS) is 49.8. The van der Waals surface area contributed by atoms with Crippen LogP contribution in [-0.2, 0) is 90.5 Å². The Morgan fingerprint density at radius 1 is 0.692 bits per heavy atom. The number of aliphatic hydroxyl groups is 10. The summed E-state index contributed by atoms with van der Waals surface area (Å²) >= 11 is 0. The number of Topliss-reactive ketones (excluding diaryl/α,β-unsaturated/α-hetero) is 1. The molecule has 6 saturated heterocycles. The first-order valence-electron chi connectivity index (χ1n) is 31.5. The van der Waals surface area contributed by atoms with E-state index in [4.69, 9.17) is 65.8 Å². The Morgan fingerprint density at radius 2 is 1.31 bits per heavy atom. The van der Waals surface area contributed by atoms with Gasteiger partial charge >= 0.3 is 22.3 Å². The third-order valence-electron chi connectivity index (χ3n) is 21.9. The monoisotopic (exact) mass is 1330 g/mol. The van der Waals surface area contributed by atoms with Crippen LogP contribution in [0.5, 0.6) is 0 Å². The molecule has 91 heavy (non-hydrogen) atoms. The molecule has 11 N–H and O–H groups in total. The summed E-state index contributed by atoms with van der Waals surface area (Å²) in [5.41, 5.74) is -3.21. The van der Waals surface area contributed by atoms with Gasteiger partial charge in [-0.1, -0.05) is 53.2 Å². The van der Waals surface area contributed by atoms with Gasteiger partial charge in [-0.15, -0.1) is 0 Å². The first kappa shape index (κ1) is 71.2. The summed E-state index contributed by atoms with van der Waals surface area (Å²) < 4.78 is 118. The largest absolute Gasteiger partial charge is 0.462 e. The van der Waals surface area contributed by atoms with E-state index in [9.17, 15) is 78.4 Å². The topological polar surface area (TPSA) is 437 Å². The fraction of sp³-hybridized carbons (Fsp3) is 0.917. The number of cyclic esters (lactones) is 1. The molecule has 29 unspecified atom stereocenters. The number of fused-ring (bicyclic) bond motifs is 4. The molecule has 6 heterocycles. The third-order valence-corrected chi connectivity index (χ3v) is 22.4. The van der Waals surface area contributed by atoms with Crippen molar-refractivity contribution in [3.8, 4) is 0 Å². The number of carbonyl (C=O) groups excluding carboxylic acids is 3. The maximum absolute atomic E-state index is 14.8. The van der Waals surface area contributed by atoms with Gasteiger partial charge in [-0.2, -0.15) is 8.42 Å². The van der Waals surface area contributed by atoms with Crippen molar-refractivity contribution in [2.24, 2.45) is 45.3 Å². The minimum absolute atomic E-state index is 0.0103. The third kappa shape index (κ3) is 12.9. The second-order valence-corrected chi connectivity index (χ2v) is 29.5. The lowest BCUT2D eigenvalue weighted by Crippen LogP contribution is -2.67. The maximum Gasteiger partial charge on any atom is 0.397 e. The van der Waals surface area contributed by atoms with Gasteiger partial charge in [-0.05, 0) is 81.0 Å². The molecular weight excluding hydrogens is 1230 g/mol. The zero-order chi connectivity index (χ0) is 66.6. The molecule has 31 heteroatoms. The minimum Gasteiger partial charge on any atom is -0.462 e. The summed E-state index contributed by atoms with van der Waals surface area (Å²) in [5, 5.41) is 111. The number of methoxy groups -OCH3 is 1. The molecule has 10 aliphatic rings. The quantitative estimate of drug-likeness (QED) is 0.0392.